The van der Waals surface area contributed by atoms with Gasteiger partial charge < -0.3 is 24.8 Å². The molecule has 8 nitrogen and oxygen atoms in total. The van der Waals surface area contributed by atoms with Crippen LogP contribution in [-0.2, 0) is 19.1 Å². The number of nitrogens with one attached hydrogen (secondary N) is 1. The van der Waals surface area contributed by atoms with Gasteiger partial charge in [-0.05, 0) is 35.1 Å². The summed E-state index contributed by atoms with van der Waals surface area (Å²) in [4.78, 5) is 38.0. The number of ether oxygens (including phenoxy) is 2. The van der Waals surface area contributed by atoms with Gasteiger partial charge in [-0.15, -0.1) is 0 Å². The second kappa shape index (κ2) is 11.4. The lowest BCUT2D eigenvalue weighted by Gasteiger charge is -2.25. The van der Waals surface area contributed by atoms with Crippen LogP contribution in [0.1, 0.15) is 36.8 Å². The number of carbonyl (C=O) groups excluding carboxylic acids is 2. The molecule has 8 heteroatoms. The number of hydrogen-bond acceptors (Lipinski definition) is 5. The van der Waals surface area contributed by atoms with E-state index in [0.717, 1.165) is 11.1 Å². The number of fused-ring (bicyclic) bond motifs is 3. The van der Waals surface area contributed by atoms with Crippen molar-refractivity contribution in [3.05, 3.63) is 59.7 Å². The maximum atomic E-state index is 12.8. The molecule has 1 aliphatic heterocycles. The van der Waals surface area contributed by atoms with Gasteiger partial charge in [0.1, 0.15) is 6.61 Å². The summed E-state index contributed by atoms with van der Waals surface area (Å²) in [5, 5.41) is 12.0. The highest BCUT2D eigenvalue weighted by Gasteiger charge is 2.30. The summed E-state index contributed by atoms with van der Waals surface area (Å²) in [5.41, 5.74) is 4.69. The van der Waals surface area contributed by atoms with Crippen molar-refractivity contribution in [3.63, 3.8) is 0 Å². The van der Waals surface area contributed by atoms with E-state index in [9.17, 15) is 19.5 Å². The Balaban J connectivity index is 1.20. The Morgan fingerprint density at radius 2 is 1.77 bits per heavy atom. The Morgan fingerprint density at radius 3 is 2.43 bits per heavy atom. The molecule has 1 heterocycles. The first kappa shape index (κ1) is 24.7. The lowest BCUT2D eigenvalue weighted by Crippen LogP contribution is -2.41. The standard InChI is InChI=1S/C27H32N2O6/c1-18(25(30)29-13-14-34-16-19(15-29)26(31)32)7-6-12-28-27(33)35-17-24-22-10-4-2-8-20(22)21-9-3-5-11-23(21)24/h2-5,8-11,18-19,24H,6-7,12-17H2,1H3,(H,28,33)(H,31,32). The first-order valence-electron chi connectivity index (χ1n) is 12.1. The molecule has 1 fully saturated rings. The number of nitrogens with zero attached hydrogens (tertiary/aromatic N) is 1. The van der Waals surface area contributed by atoms with Crippen LogP contribution in [0.15, 0.2) is 48.5 Å². The third-order valence-electron chi connectivity index (χ3n) is 6.77. The van der Waals surface area contributed by atoms with Crippen molar-refractivity contribution >= 4 is 18.0 Å². The van der Waals surface area contributed by atoms with E-state index < -0.39 is 18.0 Å². The Labute approximate surface area is 205 Å². The molecule has 2 atom stereocenters. The number of amides is 2. The van der Waals surface area contributed by atoms with Crippen molar-refractivity contribution in [2.45, 2.75) is 25.7 Å². The van der Waals surface area contributed by atoms with Gasteiger partial charge in [0.2, 0.25) is 5.91 Å². The minimum absolute atomic E-state index is 0.0121. The summed E-state index contributed by atoms with van der Waals surface area (Å²) >= 11 is 0. The van der Waals surface area contributed by atoms with Crippen molar-refractivity contribution < 1.29 is 29.0 Å². The van der Waals surface area contributed by atoms with Crippen LogP contribution >= 0.6 is 0 Å². The quantitative estimate of drug-likeness (QED) is 0.561. The molecule has 0 spiro atoms. The lowest BCUT2D eigenvalue weighted by atomic mass is 9.98. The molecule has 0 radical (unpaired) electrons. The number of carboxylic acid groups (broad SMARTS) is 1. The van der Waals surface area contributed by atoms with Crippen LogP contribution < -0.4 is 5.32 Å². The lowest BCUT2D eigenvalue weighted by molar-refractivity contribution is -0.144. The molecule has 2 unspecified atom stereocenters. The molecule has 2 N–H and O–H groups in total. The predicted molar refractivity (Wildman–Crippen MR) is 130 cm³/mol. The highest BCUT2D eigenvalue weighted by atomic mass is 16.5. The molecule has 0 bridgehead atoms. The van der Waals surface area contributed by atoms with Gasteiger partial charge >= 0.3 is 12.1 Å². The summed E-state index contributed by atoms with van der Waals surface area (Å²) in [6.07, 6.45) is 0.723. The van der Waals surface area contributed by atoms with Gasteiger partial charge in [0.15, 0.2) is 0 Å². The fourth-order valence-electron chi connectivity index (χ4n) is 4.84. The number of rotatable bonds is 8. The van der Waals surface area contributed by atoms with E-state index in [0.29, 0.717) is 32.5 Å². The van der Waals surface area contributed by atoms with Gasteiger partial charge in [0.05, 0.1) is 19.1 Å². The number of aliphatic carboxylic acids is 1. The topological polar surface area (TPSA) is 105 Å². The van der Waals surface area contributed by atoms with E-state index in [-0.39, 0.29) is 37.5 Å². The third-order valence-corrected chi connectivity index (χ3v) is 6.77. The molecule has 186 valence electrons. The van der Waals surface area contributed by atoms with Crippen molar-refractivity contribution in [2.24, 2.45) is 11.8 Å². The highest BCUT2D eigenvalue weighted by molar-refractivity contribution is 5.80. The summed E-state index contributed by atoms with van der Waals surface area (Å²) in [6, 6.07) is 16.4. The maximum absolute atomic E-state index is 12.8. The zero-order valence-corrected chi connectivity index (χ0v) is 19.9. The predicted octanol–water partition coefficient (Wildman–Crippen LogP) is 3.50. The average molecular weight is 481 g/mol. The Hall–Kier alpha value is -3.39. The molecule has 2 aromatic rings. The van der Waals surface area contributed by atoms with Crippen LogP contribution in [0.2, 0.25) is 0 Å². The highest BCUT2D eigenvalue weighted by Crippen LogP contribution is 2.44. The monoisotopic (exact) mass is 480 g/mol. The molecule has 0 aromatic heterocycles. The molecule has 2 aliphatic rings. The van der Waals surface area contributed by atoms with Crippen LogP contribution in [0.3, 0.4) is 0 Å². The van der Waals surface area contributed by atoms with Gasteiger partial charge in [0, 0.05) is 31.5 Å². The van der Waals surface area contributed by atoms with Crippen LogP contribution in [-0.4, -0.2) is 67.4 Å². The van der Waals surface area contributed by atoms with Gasteiger partial charge in [-0.3, -0.25) is 9.59 Å². The minimum atomic E-state index is -0.954. The van der Waals surface area contributed by atoms with Crippen molar-refractivity contribution in [2.75, 3.05) is 39.5 Å². The number of hydrogen-bond donors (Lipinski definition) is 2. The van der Waals surface area contributed by atoms with E-state index >= 15 is 0 Å². The van der Waals surface area contributed by atoms with E-state index in [1.165, 1.54) is 11.1 Å². The van der Waals surface area contributed by atoms with E-state index in [1.54, 1.807) is 4.90 Å². The first-order valence-corrected chi connectivity index (χ1v) is 12.1. The zero-order chi connectivity index (χ0) is 24.8. The van der Waals surface area contributed by atoms with Gasteiger partial charge in [-0.2, -0.15) is 0 Å². The summed E-state index contributed by atoms with van der Waals surface area (Å²) in [6.45, 7) is 3.51. The molecular formula is C27H32N2O6. The molecule has 0 saturated carbocycles. The van der Waals surface area contributed by atoms with Gasteiger partial charge in [-0.1, -0.05) is 55.5 Å². The Bertz CT molecular complexity index is 1030. The zero-order valence-electron chi connectivity index (χ0n) is 19.9. The number of alkyl carbamates (subject to hydrolysis) is 1. The molecule has 1 saturated heterocycles. The van der Waals surface area contributed by atoms with Crippen LogP contribution in [0.25, 0.3) is 11.1 Å². The fraction of sp³-hybridized carbons (Fsp3) is 0.444. The minimum Gasteiger partial charge on any atom is -0.481 e. The molecule has 1 aliphatic carbocycles. The first-order chi connectivity index (χ1) is 17.0. The summed E-state index contributed by atoms with van der Waals surface area (Å²) in [7, 11) is 0. The van der Waals surface area contributed by atoms with Crippen LogP contribution in [0, 0.1) is 11.8 Å². The van der Waals surface area contributed by atoms with Gasteiger partial charge in [0.25, 0.3) is 0 Å². The third kappa shape index (κ3) is 5.82. The number of carboxylic acids is 1. The van der Waals surface area contributed by atoms with E-state index in [4.69, 9.17) is 9.47 Å². The molecule has 2 aromatic carbocycles. The SMILES string of the molecule is CC(CCCNC(=O)OCC1c2ccccc2-c2ccccc21)C(=O)N1CCOCC(C(=O)O)C1. The largest absolute Gasteiger partial charge is 0.481 e. The average Bonchev–Trinajstić information content (AvgIpc) is 3.00. The van der Waals surface area contributed by atoms with Crippen molar-refractivity contribution in [1.82, 2.24) is 10.2 Å². The fourth-order valence-corrected chi connectivity index (χ4v) is 4.84. The maximum Gasteiger partial charge on any atom is 0.407 e. The second-order valence-corrected chi connectivity index (χ2v) is 9.19. The van der Waals surface area contributed by atoms with Crippen molar-refractivity contribution in [1.29, 1.82) is 0 Å². The molecule has 4 rings (SSSR count). The normalized spacial score (nSPS) is 18.2. The van der Waals surface area contributed by atoms with E-state index in [1.807, 2.05) is 31.2 Å². The number of benzene rings is 2. The second-order valence-electron chi connectivity index (χ2n) is 9.19. The Morgan fingerprint density at radius 1 is 1.11 bits per heavy atom. The number of carbonyl (C=O) groups is 3. The smallest absolute Gasteiger partial charge is 0.407 e. The summed E-state index contributed by atoms with van der Waals surface area (Å²) < 4.78 is 10.9. The molecule has 35 heavy (non-hydrogen) atoms. The molecule has 2 amide bonds. The van der Waals surface area contributed by atoms with Crippen molar-refractivity contribution in [3.8, 4) is 11.1 Å². The Kier molecular flexibility index (Phi) is 8.02. The molecular weight excluding hydrogens is 448 g/mol. The van der Waals surface area contributed by atoms with Crippen LogP contribution in [0.4, 0.5) is 4.79 Å². The summed E-state index contributed by atoms with van der Waals surface area (Å²) in [5.74, 6) is -2.00. The van der Waals surface area contributed by atoms with E-state index in [2.05, 4.69) is 29.6 Å². The van der Waals surface area contributed by atoms with Gasteiger partial charge in [-0.25, -0.2) is 4.79 Å². The van der Waals surface area contributed by atoms with Crippen LogP contribution in [0.5, 0.6) is 0 Å².